The van der Waals surface area contributed by atoms with Gasteiger partial charge in [0, 0.05) is 5.56 Å². The molecule has 0 amide bonds. The molecule has 2 nitrogen and oxygen atoms in total. The van der Waals surface area contributed by atoms with Crippen molar-refractivity contribution in [3.8, 4) is 11.5 Å². The van der Waals surface area contributed by atoms with E-state index in [-0.39, 0.29) is 5.56 Å². The lowest BCUT2D eigenvalue weighted by Gasteiger charge is -2.14. The van der Waals surface area contributed by atoms with Crippen LogP contribution in [0.1, 0.15) is 18.1 Å². The largest absolute Gasteiger partial charge is 0.424 e. The Kier molecular flexibility index (Phi) is 6.70. The molecule has 2 rings (SSSR count). The van der Waals surface area contributed by atoms with Crippen molar-refractivity contribution in [2.75, 3.05) is 0 Å². The zero-order valence-electron chi connectivity index (χ0n) is 13.8. The van der Waals surface area contributed by atoms with Crippen LogP contribution in [0.5, 0.6) is 11.5 Å². The van der Waals surface area contributed by atoms with Crippen LogP contribution in [0.25, 0.3) is 11.6 Å². The number of para-hydroxylation sites is 1. The number of halogens is 6. The molecule has 0 heterocycles. The smallest absolute Gasteiger partial charge is 0.344 e. The summed E-state index contributed by atoms with van der Waals surface area (Å²) in [5.74, 6) is -1.38. The molecule has 2 aromatic rings. The maximum Gasteiger partial charge on any atom is 0.344 e. The van der Waals surface area contributed by atoms with E-state index in [9.17, 15) is 26.3 Å². The van der Waals surface area contributed by atoms with Crippen LogP contribution in [0.4, 0.5) is 26.3 Å². The van der Waals surface area contributed by atoms with Crippen LogP contribution in [-0.2, 0) is 0 Å². The van der Waals surface area contributed by atoms with Crippen LogP contribution >= 0.6 is 0 Å². The zero-order chi connectivity index (χ0) is 20.0. The van der Waals surface area contributed by atoms with E-state index in [1.165, 1.54) is 12.1 Å². The van der Waals surface area contributed by atoms with Crippen molar-refractivity contribution < 1.29 is 35.8 Å². The fourth-order valence-corrected chi connectivity index (χ4v) is 2.15. The van der Waals surface area contributed by atoms with E-state index < -0.39 is 35.7 Å². The molecule has 0 saturated heterocycles. The lowest BCUT2D eigenvalue weighted by atomic mass is 10.0. The molecule has 0 aliphatic carbocycles. The first-order chi connectivity index (χ1) is 12.8. The molecule has 0 radical (unpaired) electrons. The van der Waals surface area contributed by atoms with Gasteiger partial charge in [-0.15, -0.1) is 0 Å². The third-order valence-corrected chi connectivity index (χ3v) is 3.27. The molecule has 0 N–H and O–H groups in total. The molecular weight excluding hydrogens is 374 g/mol. The Labute approximate surface area is 150 Å². The average molecular weight is 386 g/mol. The minimum absolute atomic E-state index is 0.0415. The monoisotopic (exact) mass is 386 g/mol. The molecule has 0 aliphatic rings. The highest BCUT2D eigenvalue weighted by molar-refractivity contribution is 5.84. The summed E-state index contributed by atoms with van der Waals surface area (Å²) in [6.07, 6.45) is -3.93. The Bertz CT molecular complexity index is 896. The van der Waals surface area contributed by atoms with Crippen LogP contribution < -0.4 is 9.47 Å². The van der Waals surface area contributed by atoms with E-state index in [2.05, 4.69) is 9.47 Å². The van der Waals surface area contributed by atoms with Gasteiger partial charge in [0.2, 0.25) is 0 Å². The molecule has 0 spiro atoms. The number of benzene rings is 2. The van der Waals surface area contributed by atoms with Gasteiger partial charge in [-0.25, -0.2) is 0 Å². The molecule has 0 aliphatic heterocycles. The minimum atomic E-state index is -2.77. The fourth-order valence-electron chi connectivity index (χ4n) is 2.15. The van der Waals surface area contributed by atoms with Crippen LogP contribution in [0.15, 0.2) is 72.7 Å². The first kappa shape index (κ1) is 20.2. The number of allylic oxidation sites excluding steroid dienone is 1. The molecule has 0 fully saturated rings. The molecular formula is C19H12F6O2. The normalized spacial score (nSPS) is 11.0. The maximum absolute atomic E-state index is 13.3. The summed E-state index contributed by atoms with van der Waals surface area (Å²) < 4.78 is 84.7. The molecule has 0 aromatic heterocycles. The number of rotatable bonds is 6. The summed E-state index contributed by atoms with van der Waals surface area (Å²) in [6, 6.07) is 7.87. The Hall–Kier alpha value is -3.16. The second-order valence-electron chi connectivity index (χ2n) is 5.14. The number of hydrogen-bond acceptors (Lipinski definition) is 2. The Morgan fingerprint density at radius 3 is 1.93 bits per heavy atom. The molecule has 0 atom stereocenters. The summed E-state index contributed by atoms with van der Waals surface area (Å²) in [7, 11) is 0. The first-order valence-electron chi connectivity index (χ1n) is 7.43. The van der Waals surface area contributed by atoms with E-state index in [0.29, 0.717) is 5.57 Å². The zero-order valence-corrected chi connectivity index (χ0v) is 13.8. The second kappa shape index (κ2) is 8.98. The van der Waals surface area contributed by atoms with Gasteiger partial charge in [-0.3, -0.25) is 0 Å². The Balaban J connectivity index is 2.57. The predicted octanol–water partition coefficient (Wildman–Crippen LogP) is 7.07. The van der Waals surface area contributed by atoms with Gasteiger partial charge in [-0.05, 0) is 24.1 Å². The third kappa shape index (κ3) is 5.40. The van der Waals surface area contributed by atoms with Crippen molar-refractivity contribution in [2.45, 2.75) is 6.92 Å². The van der Waals surface area contributed by atoms with Gasteiger partial charge in [0.05, 0.1) is 0 Å². The lowest BCUT2D eigenvalue weighted by Crippen LogP contribution is -2.00. The molecule has 0 unspecified atom stereocenters. The topological polar surface area (TPSA) is 18.5 Å². The van der Waals surface area contributed by atoms with Crippen LogP contribution in [0.3, 0.4) is 0 Å². The molecule has 27 heavy (non-hydrogen) atoms. The summed E-state index contributed by atoms with van der Waals surface area (Å²) in [5, 5.41) is 0. The van der Waals surface area contributed by atoms with E-state index in [4.69, 9.17) is 0 Å². The summed E-state index contributed by atoms with van der Waals surface area (Å²) in [5.41, 5.74) is 1.17. The van der Waals surface area contributed by atoms with Crippen molar-refractivity contribution in [2.24, 2.45) is 0 Å². The van der Waals surface area contributed by atoms with E-state index >= 15 is 0 Å². The number of hydrogen-bond donors (Lipinski definition) is 0. The highest BCUT2D eigenvalue weighted by Crippen LogP contribution is 2.39. The predicted molar refractivity (Wildman–Crippen MR) is 88.4 cm³/mol. The van der Waals surface area contributed by atoms with Gasteiger partial charge in [0.25, 0.3) is 0 Å². The molecule has 0 saturated carbocycles. The summed E-state index contributed by atoms with van der Waals surface area (Å²) in [4.78, 5) is 0. The van der Waals surface area contributed by atoms with E-state index in [0.717, 1.165) is 11.6 Å². The lowest BCUT2D eigenvalue weighted by molar-refractivity contribution is 0.213. The van der Waals surface area contributed by atoms with Crippen molar-refractivity contribution in [3.05, 3.63) is 83.8 Å². The van der Waals surface area contributed by atoms with Gasteiger partial charge >= 0.3 is 24.2 Å². The quantitative estimate of drug-likeness (QED) is 0.300. The number of ether oxygens (including phenoxy) is 2. The molecule has 2 aromatic carbocycles. The second-order valence-corrected chi connectivity index (χ2v) is 5.14. The molecule has 0 bridgehead atoms. The van der Waals surface area contributed by atoms with Crippen LogP contribution in [0, 0.1) is 0 Å². The molecule has 8 heteroatoms. The van der Waals surface area contributed by atoms with Gasteiger partial charge in [-0.2, -0.15) is 26.3 Å². The van der Waals surface area contributed by atoms with Crippen molar-refractivity contribution >= 4 is 11.6 Å². The minimum Gasteiger partial charge on any atom is -0.424 e. The van der Waals surface area contributed by atoms with E-state index in [1.54, 1.807) is 43.3 Å². The van der Waals surface area contributed by atoms with Gasteiger partial charge < -0.3 is 9.47 Å². The molecule has 142 valence electrons. The first-order valence-corrected chi connectivity index (χ1v) is 7.43. The Morgan fingerprint density at radius 1 is 0.741 bits per heavy atom. The fraction of sp³-hybridized carbons (Fsp3) is 0.0526. The van der Waals surface area contributed by atoms with Crippen molar-refractivity contribution in [1.29, 1.82) is 0 Å². The SMILES string of the molecule is CC(=Cc1ccccc1)c1cccc(OC(F)=C(F)F)c1OC(F)=C(F)F. The standard InChI is InChI=1S/C19H12F6O2/c1-11(10-12-6-3-2-4-7-12)13-8-5-9-14(26-18(24)16(20)21)15(13)27-19(25)17(22)23/h2-10H,1H3. The summed E-state index contributed by atoms with van der Waals surface area (Å²) >= 11 is 0. The average Bonchev–Trinajstić information content (AvgIpc) is 2.63. The van der Waals surface area contributed by atoms with Crippen molar-refractivity contribution in [3.63, 3.8) is 0 Å². The summed E-state index contributed by atoms with van der Waals surface area (Å²) in [6.45, 7) is 1.55. The highest BCUT2D eigenvalue weighted by atomic mass is 19.3. The van der Waals surface area contributed by atoms with Crippen LogP contribution in [-0.4, -0.2) is 0 Å². The highest BCUT2D eigenvalue weighted by Gasteiger charge is 2.20. The third-order valence-electron chi connectivity index (χ3n) is 3.27. The Morgan fingerprint density at radius 2 is 1.33 bits per heavy atom. The van der Waals surface area contributed by atoms with Crippen LogP contribution in [0.2, 0.25) is 0 Å². The van der Waals surface area contributed by atoms with Gasteiger partial charge in [0.15, 0.2) is 11.5 Å². The maximum atomic E-state index is 13.3. The van der Waals surface area contributed by atoms with E-state index in [1.807, 2.05) is 0 Å². The van der Waals surface area contributed by atoms with Gasteiger partial charge in [-0.1, -0.05) is 48.5 Å². The van der Waals surface area contributed by atoms with Gasteiger partial charge in [0.1, 0.15) is 0 Å². The van der Waals surface area contributed by atoms with Crippen molar-refractivity contribution in [1.82, 2.24) is 0 Å².